The third-order valence-electron chi connectivity index (χ3n) is 6.06. The van der Waals surface area contributed by atoms with Crippen LogP contribution < -0.4 is 0 Å². The van der Waals surface area contributed by atoms with Crippen molar-refractivity contribution in [2.75, 3.05) is 6.61 Å². The predicted molar refractivity (Wildman–Crippen MR) is 117 cm³/mol. The predicted octanol–water partition coefficient (Wildman–Crippen LogP) is 6.65. The van der Waals surface area contributed by atoms with Gasteiger partial charge in [0, 0.05) is 0 Å². The van der Waals surface area contributed by atoms with Crippen molar-refractivity contribution in [3.05, 3.63) is 76.9 Å². The third kappa shape index (κ3) is 4.09. The van der Waals surface area contributed by atoms with Crippen molar-refractivity contribution in [2.45, 2.75) is 58.3 Å². The Balaban J connectivity index is 2.08. The molecule has 0 heterocycles. The molecule has 0 bridgehead atoms. The minimum atomic E-state index is 0.0769. The summed E-state index contributed by atoms with van der Waals surface area (Å²) in [6.07, 6.45) is 8.50. The first-order valence-electron chi connectivity index (χ1n) is 9.95. The molecule has 0 atom stereocenters. The Hall–Kier alpha value is -2.12. The van der Waals surface area contributed by atoms with Crippen LogP contribution in [-0.4, -0.2) is 11.7 Å². The molecule has 0 amide bonds. The largest absolute Gasteiger partial charge is 0.392 e. The molecule has 0 unspecified atom stereocenters. The molecule has 0 saturated carbocycles. The second kappa shape index (κ2) is 7.48. The molecule has 27 heavy (non-hydrogen) atoms. The summed E-state index contributed by atoms with van der Waals surface area (Å²) in [5.74, 6) is 0. The first-order valence-corrected chi connectivity index (χ1v) is 9.95. The monoisotopic (exact) mass is 360 g/mol. The van der Waals surface area contributed by atoms with E-state index in [0.717, 1.165) is 5.57 Å². The van der Waals surface area contributed by atoms with E-state index in [1.165, 1.54) is 40.7 Å². The Morgan fingerprint density at radius 2 is 1.63 bits per heavy atom. The lowest BCUT2D eigenvalue weighted by atomic mass is 9.63. The van der Waals surface area contributed by atoms with Gasteiger partial charge in [-0.05, 0) is 58.4 Å². The molecule has 0 saturated heterocycles. The van der Waals surface area contributed by atoms with Crippen molar-refractivity contribution in [1.82, 2.24) is 0 Å². The fourth-order valence-electron chi connectivity index (χ4n) is 4.09. The summed E-state index contributed by atoms with van der Waals surface area (Å²) < 4.78 is 0. The lowest BCUT2D eigenvalue weighted by Crippen LogP contribution is -2.33. The number of allylic oxidation sites excluding steroid dienone is 2. The van der Waals surface area contributed by atoms with Gasteiger partial charge in [-0.15, -0.1) is 0 Å². The molecule has 0 radical (unpaired) electrons. The van der Waals surface area contributed by atoms with Crippen LogP contribution in [0.15, 0.2) is 60.2 Å². The summed E-state index contributed by atoms with van der Waals surface area (Å²) in [7, 11) is 0. The number of aliphatic hydroxyl groups excluding tert-OH is 1. The van der Waals surface area contributed by atoms with Crippen molar-refractivity contribution in [1.29, 1.82) is 0 Å². The molecule has 1 nitrogen and oxygen atoms in total. The van der Waals surface area contributed by atoms with Crippen LogP contribution in [0.3, 0.4) is 0 Å². The maximum Gasteiger partial charge on any atom is 0.0617 e. The smallest absolute Gasteiger partial charge is 0.0617 e. The molecule has 1 aliphatic rings. The van der Waals surface area contributed by atoms with Crippen molar-refractivity contribution >= 4 is 6.08 Å². The highest BCUT2D eigenvalue weighted by molar-refractivity contribution is 5.77. The fraction of sp³-hybridized carbons (Fsp3) is 0.385. The van der Waals surface area contributed by atoms with E-state index in [1.807, 2.05) is 13.0 Å². The summed E-state index contributed by atoms with van der Waals surface area (Å²) in [6, 6.07) is 15.6. The molecular formula is C26H32O. The normalized spacial score (nSPS) is 18.5. The molecule has 1 heteroatoms. The van der Waals surface area contributed by atoms with Crippen LogP contribution in [0.1, 0.15) is 64.2 Å². The molecule has 0 aliphatic heterocycles. The van der Waals surface area contributed by atoms with Gasteiger partial charge in [0.05, 0.1) is 6.61 Å². The average Bonchev–Trinajstić information content (AvgIpc) is 2.64. The Morgan fingerprint density at radius 3 is 2.33 bits per heavy atom. The molecule has 1 N–H and O–H groups in total. The number of rotatable bonds is 4. The second-order valence-corrected chi connectivity index (χ2v) is 9.08. The topological polar surface area (TPSA) is 20.2 Å². The van der Waals surface area contributed by atoms with Crippen molar-refractivity contribution < 1.29 is 5.11 Å². The van der Waals surface area contributed by atoms with Crippen LogP contribution in [0.2, 0.25) is 0 Å². The van der Waals surface area contributed by atoms with Crippen LogP contribution in [0.4, 0.5) is 0 Å². The standard InChI is InChI=1S/C26H32O/c1-19(14-17-27)10-11-20-8-6-7-9-22(20)21-12-13-23-24(18-21)26(4,5)16-15-25(23,2)3/h6-14,18,27H,15-17H2,1-5H3/b11-10+,19-14+. The SMILES string of the molecule is CC(/C=C/c1ccccc1-c1ccc2c(c1)C(C)(C)CCC2(C)C)=C\CO. The van der Waals surface area contributed by atoms with Crippen LogP contribution in [0, 0.1) is 0 Å². The molecule has 2 aromatic carbocycles. The molecular weight excluding hydrogens is 328 g/mol. The van der Waals surface area contributed by atoms with Crippen molar-refractivity contribution in [3.8, 4) is 11.1 Å². The highest BCUT2D eigenvalue weighted by Gasteiger charge is 2.36. The maximum atomic E-state index is 9.06. The van der Waals surface area contributed by atoms with Gasteiger partial charge in [-0.2, -0.15) is 0 Å². The lowest BCUT2D eigenvalue weighted by molar-refractivity contribution is 0.332. The Morgan fingerprint density at radius 1 is 0.963 bits per heavy atom. The number of benzene rings is 2. The fourth-order valence-corrected chi connectivity index (χ4v) is 4.09. The van der Waals surface area contributed by atoms with E-state index in [1.54, 1.807) is 0 Å². The number of hydrogen-bond acceptors (Lipinski definition) is 1. The molecule has 0 spiro atoms. The Labute approximate surface area is 164 Å². The summed E-state index contributed by atoms with van der Waals surface area (Å²) in [5, 5.41) is 9.06. The molecule has 142 valence electrons. The first kappa shape index (κ1) is 19.6. The molecule has 2 aromatic rings. The van der Waals surface area contributed by atoms with Gasteiger partial charge in [-0.25, -0.2) is 0 Å². The molecule has 1 aliphatic carbocycles. The van der Waals surface area contributed by atoms with E-state index >= 15 is 0 Å². The van der Waals surface area contributed by atoms with Gasteiger partial charge in [0.1, 0.15) is 0 Å². The van der Waals surface area contributed by atoms with Gasteiger partial charge in [0.25, 0.3) is 0 Å². The zero-order valence-electron chi connectivity index (χ0n) is 17.3. The van der Waals surface area contributed by atoms with Gasteiger partial charge in [0.15, 0.2) is 0 Å². The lowest BCUT2D eigenvalue weighted by Gasteiger charge is -2.42. The summed E-state index contributed by atoms with van der Waals surface area (Å²) in [6.45, 7) is 11.6. The Kier molecular flexibility index (Phi) is 5.44. The van der Waals surface area contributed by atoms with Crippen LogP contribution in [-0.2, 0) is 10.8 Å². The minimum Gasteiger partial charge on any atom is -0.392 e. The van der Waals surface area contributed by atoms with Gasteiger partial charge >= 0.3 is 0 Å². The number of fused-ring (bicyclic) bond motifs is 1. The van der Waals surface area contributed by atoms with Crippen LogP contribution in [0.5, 0.6) is 0 Å². The van der Waals surface area contributed by atoms with Gasteiger partial charge < -0.3 is 5.11 Å². The average molecular weight is 361 g/mol. The second-order valence-electron chi connectivity index (χ2n) is 9.08. The van der Waals surface area contributed by atoms with E-state index in [9.17, 15) is 0 Å². The zero-order valence-corrected chi connectivity index (χ0v) is 17.3. The third-order valence-corrected chi connectivity index (χ3v) is 6.06. The molecule has 0 fully saturated rings. The quantitative estimate of drug-likeness (QED) is 0.605. The number of hydrogen-bond donors (Lipinski definition) is 1. The Bertz CT molecular complexity index is 881. The highest BCUT2D eigenvalue weighted by Crippen LogP contribution is 2.47. The van der Waals surface area contributed by atoms with E-state index < -0.39 is 0 Å². The van der Waals surface area contributed by atoms with Gasteiger partial charge in [0.2, 0.25) is 0 Å². The van der Waals surface area contributed by atoms with Crippen LogP contribution >= 0.6 is 0 Å². The van der Waals surface area contributed by atoms with E-state index in [2.05, 4.69) is 82.3 Å². The summed E-state index contributed by atoms with van der Waals surface area (Å²) in [4.78, 5) is 0. The first-order chi connectivity index (χ1) is 12.7. The highest BCUT2D eigenvalue weighted by atomic mass is 16.2. The number of aliphatic hydroxyl groups is 1. The van der Waals surface area contributed by atoms with Crippen molar-refractivity contribution in [3.63, 3.8) is 0 Å². The maximum absolute atomic E-state index is 9.06. The summed E-state index contributed by atoms with van der Waals surface area (Å²) in [5.41, 5.74) is 8.26. The van der Waals surface area contributed by atoms with Gasteiger partial charge in [-0.1, -0.05) is 94.0 Å². The van der Waals surface area contributed by atoms with E-state index in [0.29, 0.717) is 0 Å². The molecule has 3 rings (SSSR count). The van der Waals surface area contributed by atoms with Gasteiger partial charge in [-0.3, -0.25) is 0 Å². The minimum absolute atomic E-state index is 0.0769. The van der Waals surface area contributed by atoms with Crippen LogP contribution in [0.25, 0.3) is 17.2 Å². The van der Waals surface area contributed by atoms with E-state index in [-0.39, 0.29) is 17.4 Å². The summed E-state index contributed by atoms with van der Waals surface area (Å²) >= 11 is 0. The van der Waals surface area contributed by atoms with Crippen molar-refractivity contribution in [2.24, 2.45) is 0 Å². The zero-order chi connectivity index (χ0) is 19.7. The van der Waals surface area contributed by atoms with E-state index in [4.69, 9.17) is 5.11 Å². The molecule has 0 aromatic heterocycles.